The molecule has 14 aromatic rings. The van der Waals surface area contributed by atoms with Crippen LogP contribution >= 0.6 is 0 Å². The molecule has 0 spiro atoms. The number of fused-ring (bicyclic) bond motifs is 8. The van der Waals surface area contributed by atoms with Crippen LogP contribution in [0.2, 0.25) is 0 Å². The lowest BCUT2D eigenvalue weighted by molar-refractivity contribution is 1.18. The van der Waals surface area contributed by atoms with Gasteiger partial charge in [0.2, 0.25) is 0 Å². The zero-order valence-corrected chi connectivity index (χ0v) is 38.3. The average molecular weight is 889 g/mol. The first kappa shape index (κ1) is 39.9. The van der Waals surface area contributed by atoms with E-state index in [2.05, 4.69) is 276 Å². The van der Waals surface area contributed by atoms with Gasteiger partial charge in [-0.25, -0.2) is 0 Å². The quantitative estimate of drug-likeness (QED) is 0.141. The highest BCUT2D eigenvalue weighted by Gasteiger charge is 2.20. The minimum Gasteiger partial charge on any atom is -0.309 e. The SMILES string of the molecule is c1ccc(-c2ccccc2-c2ccc3c(c2)c2cc(-c4ccc5c(c4)c4ccccc4n5-c4ccccc4)ccc2n3-c2ccc(-c3c4ccccc4c(-c4ccccc4)c4ccccc34)cc2)cc1. The van der Waals surface area contributed by atoms with Crippen LogP contribution in [0.25, 0.3) is 132 Å². The van der Waals surface area contributed by atoms with Gasteiger partial charge in [0.05, 0.1) is 22.1 Å². The molecule has 326 valence electrons. The Balaban J connectivity index is 0.956. The molecule has 0 bridgehead atoms. The first-order chi connectivity index (χ1) is 34.7. The average Bonchev–Trinajstić information content (AvgIpc) is 3.95. The van der Waals surface area contributed by atoms with E-state index in [9.17, 15) is 0 Å². The highest BCUT2D eigenvalue weighted by Crippen LogP contribution is 2.45. The van der Waals surface area contributed by atoms with E-state index in [4.69, 9.17) is 0 Å². The second-order valence-electron chi connectivity index (χ2n) is 18.4. The fraction of sp³-hybridized carbons (Fsp3) is 0. The van der Waals surface area contributed by atoms with Gasteiger partial charge in [-0.05, 0) is 144 Å². The molecule has 2 nitrogen and oxygen atoms in total. The molecule has 0 unspecified atom stereocenters. The maximum Gasteiger partial charge on any atom is 0.0541 e. The zero-order valence-electron chi connectivity index (χ0n) is 38.3. The minimum atomic E-state index is 1.12. The molecule has 0 amide bonds. The maximum atomic E-state index is 2.45. The molecule has 2 heteroatoms. The van der Waals surface area contributed by atoms with Gasteiger partial charge < -0.3 is 9.13 Å². The lowest BCUT2D eigenvalue weighted by Crippen LogP contribution is -1.95. The molecule has 0 N–H and O–H groups in total. The van der Waals surface area contributed by atoms with Gasteiger partial charge in [0.25, 0.3) is 0 Å². The van der Waals surface area contributed by atoms with Crippen molar-refractivity contribution in [2.75, 3.05) is 0 Å². The summed E-state index contributed by atoms with van der Waals surface area (Å²) in [6.45, 7) is 0. The lowest BCUT2D eigenvalue weighted by Gasteiger charge is -2.18. The van der Waals surface area contributed by atoms with Gasteiger partial charge in [0.15, 0.2) is 0 Å². The molecule has 0 saturated heterocycles. The van der Waals surface area contributed by atoms with Gasteiger partial charge in [0, 0.05) is 32.9 Å². The van der Waals surface area contributed by atoms with E-state index in [0.29, 0.717) is 0 Å². The molecule has 2 aromatic heterocycles. The topological polar surface area (TPSA) is 9.86 Å². The molecule has 0 aliphatic rings. The molecule has 0 saturated carbocycles. The van der Waals surface area contributed by atoms with Gasteiger partial charge in [-0.15, -0.1) is 0 Å². The Kier molecular flexibility index (Phi) is 9.25. The van der Waals surface area contributed by atoms with Crippen LogP contribution in [0.15, 0.2) is 267 Å². The van der Waals surface area contributed by atoms with E-state index in [1.807, 2.05) is 0 Å². The summed E-state index contributed by atoms with van der Waals surface area (Å²) in [5.74, 6) is 0. The third-order valence-electron chi connectivity index (χ3n) is 14.5. The van der Waals surface area contributed by atoms with Crippen LogP contribution < -0.4 is 0 Å². The third-order valence-corrected chi connectivity index (χ3v) is 14.5. The largest absolute Gasteiger partial charge is 0.309 e. The molecule has 0 atom stereocenters. The van der Waals surface area contributed by atoms with Gasteiger partial charge in [0.1, 0.15) is 0 Å². The van der Waals surface area contributed by atoms with E-state index in [1.165, 1.54) is 121 Å². The van der Waals surface area contributed by atoms with E-state index < -0.39 is 0 Å². The standard InChI is InChI=1S/C68H44N2/c1-4-18-45(19-5-1)53-24-10-11-25-54(53)50-36-41-66-62(44-50)61-43-49(48-34-39-64-60(42-48)55-26-16-17-31-63(55)69(64)51-22-8-3-9-23-51)35-40-65(61)70(66)52-37-32-47(33-38-52)68-58-29-14-12-27-56(58)67(46-20-6-2-7-21-46)57-28-13-15-30-59(57)68/h1-44H. The predicted molar refractivity (Wildman–Crippen MR) is 297 cm³/mol. The Morgan fingerprint density at radius 2 is 0.514 bits per heavy atom. The first-order valence-corrected chi connectivity index (χ1v) is 24.2. The number of para-hydroxylation sites is 2. The molecule has 0 aliphatic heterocycles. The van der Waals surface area contributed by atoms with Crippen molar-refractivity contribution in [2.24, 2.45) is 0 Å². The van der Waals surface area contributed by atoms with Crippen molar-refractivity contribution >= 4 is 65.2 Å². The Morgan fingerprint density at radius 1 is 0.186 bits per heavy atom. The van der Waals surface area contributed by atoms with E-state index >= 15 is 0 Å². The van der Waals surface area contributed by atoms with E-state index in [1.54, 1.807) is 0 Å². The summed E-state index contributed by atoms with van der Waals surface area (Å²) in [6.07, 6.45) is 0. The molecule has 0 aliphatic carbocycles. The zero-order chi connectivity index (χ0) is 46.1. The molecule has 2 heterocycles. The van der Waals surface area contributed by atoms with Crippen LogP contribution in [-0.2, 0) is 0 Å². The van der Waals surface area contributed by atoms with Gasteiger partial charge in [-0.3, -0.25) is 0 Å². The van der Waals surface area contributed by atoms with Crippen LogP contribution in [-0.4, -0.2) is 9.13 Å². The molecule has 0 fully saturated rings. The lowest BCUT2D eigenvalue weighted by atomic mass is 9.86. The normalized spacial score (nSPS) is 11.7. The van der Waals surface area contributed by atoms with E-state index in [0.717, 1.165) is 11.4 Å². The molecule has 70 heavy (non-hydrogen) atoms. The second kappa shape index (κ2) is 16.2. The summed E-state index contributed by atoms with van der Waals surface area (Å²) in [6, 6.07) is 98.0. The number of aromatic nitrogens is 2. The van der Waals surface area contributed by atoms with Gasteiger partial charge in [-0.2, -0.15) is 0 Å². The monoisotopic (exact) mass is 888 g/mol. The summed E-state index contributed by atoms with van der Waals surface area (Å²) >= 11 is 0. The second-order valence-corrected chi connectivity index (χ2v) is 18.4. The third kappa shape index (κ3) is 6.35. The maximum absolute atomic E-state index is 2.45. The fourth-order valence-corrected chi connectivity index (χ4v) is 11.4. The summed E-state index contributed by atoms with van der Waals surface area (Å²) in [5.41, 5.74) is 19.2. The first-order valence-electron chi connectivity index (χ1n) is 24.2. The van der Waals surface area contributed by atoms with Crippen molar-refractivity contribution in [2.45, 2.75) is 0 Å². The van der Waals surface area contributed by atoms with Crippen molar-refractivity contribution in [3.63, 3.8) is 0 Å². The number of hydrogen-bond donors (Lipinski definition) is 0. The molecular weight excluding hydrogens is 845 g/mol. The van der Waals surface area contributed by atoms with Crippen molar-refractivity contribution in [1.82, 2.24) is 9.13 Å². The van der Waals surface area contributed by atoms with Crippen molar-refractivity contribution in [3.8, 4) is 67.0 Å². The number of rotatable bonds is 7. The highest BCUT2D eigenvalue weighted by molar-refractivity contribution is 6.21. The van der Waals surface area contributed by atoms with Crippen LogP contribution in [0, 0.1) is 0 Å². The molecule has 0 radical (unpaired) electrons. The van der Waals surface area contributed by atoms with Crippen LogP contribution in [0.5, 0.6) is 0 Å². The highest BCUT2D eigenvalue weighted by atomic mass is 15.0. The Hall–Kier alpha value is -9.24. The molecular formula is C68H44N2. The summed E-state index contributed by atoms with van der Waals surface area (Å²) in [5, 5.41) is 9.96. The van der Waals surface area contributed by atoms with Crippen molar-refractivity contribution in [3.05, 3.63) is 267 Å². The van der Waals surface area contributed by atoms with Crippen LogP contribution in [0.1, 0.15) is 0 Å². The molecule has 14 rings (SSSR count). The summed E-state index contributed by atoms with van der Waals surface area (Å²) < 4.78 is 4.84. The number of nitrogens with zero attached hydrogens (tertiary/aromatic N) is 2. The number of benzene rings is 12. The molecule has 12 aromatic carbocycles. The Bertz CT molecular complexity index is 4260. The fourth-order valence-electron chi connectivity index (χ4n) is 11.4. The smallest absolute Gasteiger partial charge is 0.0541 e. The minimum absolute atomic E-state index is 1.12. The van der Waals surface area contributed by atoms with Crippen molar-refractivity contribution < 1.29 is 0 Å². The Morgan fingerprint density at radius 3 is 1.04 bits per heavy atom. The van der Waals surface area contributed by atoms with Gasteiger partial charge >= 0.3 is 0 Å². The van der Waals surface area contributed by atoms with Crippen molar-refractivity contribution in [1.29, 1.82) is 0 Å². The summed E-state index contributed by atoms with van der Waals surface area (Å²) in [4.78, 5) is 0. The van der Waals surface area contributed by atoms with E-state index in [-0.39, 0.29) is 0 Å². The Labute approximate surface area is 406 Å². The van der Waals surface area contributed by atoms with Crippen LogP contribution in [0.3, 0.4) is 0 Å². The van der Waals surface area contributed by atoms with Gasteiger partial charge in [-0.1, -0.05) is 200 Å². The summed E-state index contributed by atoms with van der Waals surface area (Å²) in [7, 11) is 0. The van der Waals surface area contributed by atoms with Crippen LogP contribution in [0.4, 0.5) is 0 Å². The number of hydrogen-bond acceptors (Lipinski definition) is 0. The predicted octanol–water partition coefficient (Wildman–Crippen LogP) is 18.5.